The fraction of sp³-hybridized carbons (Fsp3) is 0.294. The van der Waals surface area contributed by atoms with Gasteiger partial charge in [0.25, 0.3) is 0 Å². The Kier molecular flexibility index (Phi) is 4.73. The Bertz CT molecular complexity index is 852. The van der Waals surface area contributed by atoms with Crippen molar-refractivity contribution < 1.29 is 22.3 Å². The standard InChI is InChI=1S/C17H18FNO4S/c1-22-17-5-3-14(11-15(17)18)24(20,21)19-8-6-12-2-4-16-13(10-12)7-9-23-16/h2-5,10-11,19H,6-9H2,1H3. The van der Waals surface area contributed by atoms with Crippen molar-refractivity contribution in [1.29, 1.82) is 0 Å². The van der Waals surface area contributed by atoms with Crippen molar-refractivity contribution in [2.75, 3.05) is 20.3 Å². The highest BCUT2D eigenvalue weighted by Gasteiger charge is 2.17. The van der Waals surface area contributed by atoms with E-state index in [4.69, 9.17) is 9.47 Å². The normalized spacial score (nSPS) is 13.4. The van der Waals surface area contributed by atoms with Crippen LogP contribution in [-0.2, 0) is 22.9 Å². The molecule has 0 fully saturated rings. The SMILES string of the molecule is COc1ccc(S(=O)(=O)NCCc2ccc3c(c2)CCO3)cc1F. The molecule has 128 valence electrons. The van der Waals surface area contributed by atoms with E-state index in [1.807, 2.05) is 18.2 Å². The van der Waals surface area contributed by atoms with Crippen LogP contribution >= 0.6 is 0 Å². The highest BCUT2D eigenvalue weighted by atomic mass is 32.2. The zero-order valence-corrected chi connectivity index (χ0v) is 14.0. The maximum Gasteiger partial charge on any atom is 0.240 e. The zero-order chi connectivity index (χ0) is 17.2. The number of ether oxygens (including phenoxy) is 2. The van der Waals surface area contributed by atoms with Crippen LogP contribution in [0.5, 0.6) is 11.5 Å². The average Bonchev–Trinajstić information content (AvgIpc) is 3.02. The van der Waals surface area contributed by atoms with Crippen LogP contribution in [0, 0.1) is 5.82 Å². The highest BCUT2D eigenvalue weighted by molar-refractivity contribution is 7.89. The van der Waals surface area contributed by atoms with E-state index in [0.717, 1.165) is 29.4 Å². The lowest BCUT2D eigenvalue weighted by molar-refractivity contribution is 0.357. The van der Waals surface area contributed by atoms with Gasteiger partial charge in [0.05, 0.1) is 18.6 Å². The summed E-state index contributed by atoms with van der Waals surface area (Å²) in [6.07, 6.45) is 1.42. The molecule has 2 aromatic rings. The van der Waals surface area contributed by atoms with Gasteiger partial charge in [-0.05, 0) is 41.8 Å². The van der Waals surface area contributed by atoms with Crippen LogP contribution < -0.4 is 14.2 Å². The minimum atomic E-state index is -3.76. The van der Waals surface area contributed by atoms with Gasteiger partial charge in [-0.25, -0.2) is 17.5 Å². The molecule has 1 aliphatic rings. The Morgan fingerprint density at radius 1 is 1.25 bits per heavy atom. The molecule has 2 aromatic carbocycles. The maximum absolute atomic E-state index is 13.7. The Morgan fingerprint density at radius 3 is 2.83 bits per heavy atom. The summed E-state index contributed by atoms with van der Waals surface area (Å²) in [7, 11) is -2.43. The average molecular weight is 351 g/mol. The van der Waals surface area contributed by atoms with Crippen molar-refractivity contribution >= 4 is 10.0 Å². The topological polar surface area (TPSA) is 64.6 Å². The predicted octanol–water partition coefficient (Wildman–Crippen LogP) is 2.29. The third-order valence-electron chi connectivity index (χ3n) is 3.89. The number of nitrogens with one attached hydrogen (secondary N) is 1. The molecule has 0 radical (unpaired) electrons. The molecule has 1 heterocycles. The second-order valence-electron chi connectivity index (χ2n) is 5.48. The molecule has 1 aliphatic heterocycles. The fourth-order valence-corrected chi connectivity index (χ4v) is 3.67. The van der Waals surface area contributed by atoms with Crippen molar-refractivity contribution in [2.24, 2.45) is 0 Å². The van der Waals surface area contributed by atoms with E-state index >= 15 is 0 Å². The number of hydrogen-bond acceptors (Lipinski definition) is 4. The molecule has 24 heavy (non-hydrogen) atoms. The molecule has 3 rings (SSSR count). The lowest BCUT2D eigenvalue weighted by Gasteiger charge is -2.09. The molecule has 0 unspecified atom stereocenters. The Balaban J connectivity index is 1.64. The lowest BCUT2D eigenvalue weighted by Crippen LogP contribution is -2.26. The second kappa shape index (κ2) is 6.78. The molecular formula is C17H18FNO4S. The molecule has 0 atom stereocenters. The number of sulfonamides is 1. The van der Waals surface area contributed by atoms with Crippen LogP contribution in [0.25, 0.3) is 0 Å². The summed E-state index contributed by atoms with van der Waals surface area (Å²) in [5, 5.41) is 0. The first-order chi connectivity index (χ1) is 11.5. The summed E-state index contributed by atoms with van der Waals surface area (Å²) in [6, 6.07) is 9.43. The van der Waals surface area contributed by atoms with Gasteiger partial charge in [-0.15, -0.1) is 0 Å². The molecule has 0 saturated carbocycles. The smallest absolute Gasteiger partial charge is 0.240 e. The van der Waals surface area contributed by atoms with E-state index in [0.29, 0.717) is 13.0 Å². The lowest BCUT2D eigenvalue weighted by atomic mass is 10.1. The number of hydrogen-bond donors (Lipinski definition) is 1. The van der Waals surface area contributed by atoms with Crippen LogP contribution in [0.4, 0.5) is 4.39 Å². The van der Waals surface area contributed by atoms with Gasteiger partial charge in [-0.1, -0.05) is 12.1 Å². The van der Waals surface area contributed by atoms with E-state index in [2.05, 4.69) is 4.72 Å². The number of halogens is 1. The van der Waals surface area contributed by atoms with E-state index in [-0.39, 0.29) is 17.2 Å². The summed E-state index contributed by atoms with van der Waals surface area (Å²) >= 11 is 0. The number of rotatable bonds is 6. The minimum Gasteiger partial charge on any atom is -0.494 e. The molecule has 0 aromatic heterocycles. The molecule has 0 aliphatic carbocycles. The summed E-state index contributed by atoms with van der Waals surface area (Å²) < 4.78 is 50.8. The summed E-state index contributed by atoms with van der Waals surface area (Å²) in [4.78, 5) is -0.122. The molecule has 0 bridgehead atoms. The first-order valence-electron chi connectivity index (χ1n) is 7.57. The van der Waals surface area contributed by atoms with Crippen LogP contribution in [0.3, 0.4) is 0 Å². The quantitative estimate of drug-likeness (QED) is 0.867. The van der Waals surface area contributed by atoms with Gasteiger partial charge >= 0.3 is 0 Å². The van der Waals surface area contributed by atoms with Crippen LogP contribution in [0.2, 0.25) is 0 Å². The third-order valence-corrected chi connectivity index (χ3v) is 5.35. The second-order valence-corrected chi connectivity index (χ2v) is 7.25. The monoisotopic (exact) mass is 351 g/mol. The summed E-state index contributed by atoms with van der Waals surface area (Å²) in [6.45, 7) is 0.921. The van der Waals surface area contributed by atoms with Gasteiger partial charge in [0.2, 0.25) is 10.0 Å². The van der Waals surface area contributed by atoms with Crippen molar-refractivity contribution in [3.8, 4) is 11.5 Å². The third kappa shape index (κ3) is 3.52. The molecule has 0 spiro atoms. The number of benzene rings is 2. The van der Waals surface area contributed by atoms with Gasteiger partial charge in [0.15, 0.2) is 11.6 Å². The number of methoxy groups -OCH3 is 1. The number of fused-ring (bicyclic) bond motifs is 1. The van der Waals surface area contributed by atoms with Crippen LogP contribution in [0.1, 0.15) is 11.1 Å². The fourth-order valence-electron chi connectivity index (χ4n) is 2.62. The van der Waals surface area contributed by atoms with Crippen molar-refractivity contribution in [3.63, 3.8) is 0 Å². The maximum atomic E-state index is 13.7. The van der Waals surface area contributed by atoms with E-state index in [1.165, 1.54) is 19.2 Å². The van der Waals surface area contributed by atoms with E-state index < -0.39 is 15.8 Å². The van der Waals surface area contributed by atoms with Gasteiger partial charge in [-0.2, -0.15) is 0 Å². The van der Waals surface area contributed by atoms with Gasteiger partial charge in [-0.3, -0.25) is 0 Å². The minimum absolute atomic E-state index is 0.00862. The molecule has 7 heteroatoms. The molecule has 0 amide bonds. The molecule has 5 nitrogen and oxygen atoms in total. The Morgan fingerprint density at radius 2 is 2.08 bits per heavy atom. The molecule has 1 N–H and O–H groups in total. The Labute approximate surface area is 140 Å². The largest absolute Gasteiger partial charge is 0.494 e. The van der Waals surface area contributed by atoms with E-state index in [9.17, 15) is 12.8 Å². The first-order valence-corrected chi connectivity index (χ1v) is 9.06. The summed E-state index contributed by atoms with van der Waals surface area (Å²) in [5.41, 5.74) is 2.18. The van der Waals surface area contributed by atoms with Crippen molar-refractivity contribution in [3.05, 3.63) is 53.3 Å². The van der Waals surface area contributed by atoms with Crippen molar-refractivity contribution in [2.45, 2.75) is 17.7 Å². The van der Waals surface area contributed by atoms with E-state index in [1.54, 1.807) is 0 Å². The van der Waals surface area contributed by atoms with Gasteiger partial charge in [0.1, 0.15) is 5.75 Å². The molecule has 0 saturated heterocycles. The van der Waals surface area contributed by atoms with Crippen LogP contribution in [0.15, 0.2) is 41.3 Å². The Hall–Kier alpha value is -2.12. The first kappa shape index (κ1) is 16.7. The zero-order valence-electron chi connectivity index (χ0n) is 13.2. The predicted molar refractivity (Wildman–Crippen MR) is 87.5 cm³/mol. The van der Waals surface area contributed by atoms with Crippen LogP contribution in [-0.4, -0.2) is 28.7 Å². The van der Waals surface area contributed by atoms with Gasteiger partial charge in [0, 0.05) is 13.0 Å². The molecular weight excluding hydrogens is 333 g/mol. The highest BCUT2D eigenvalue weighted by Crippen LogP contribution is 2.26. The summed E-state index contributed by atoms with van der Waals surface area (Å²) in [5.74, 6) is 0.196. The van der Waals surface area contributed by atoms with Crippen molar-refractivity contribution in [1.82, 2.24) is 4.72 Å². The van der Waals surface area contributed by atoms with Gasteiger partial charge < -0.3 is 9.47 Å².